The second-order valence-electron chi connectivity index (χ2n) is 6.75. The van der Waals surface area contributed by atoms with Crippen molar-refractivity contribution in [3.8, 4) is 11.5 Å². The summed E-state index contributed by atoms with van der Waals surface area (Å²) in [4.78, 5) is 0. The number of halogens is 1. The molecule has 2 nitrogen and oxygen atoms in total. The van der Waals surface area contributed by atoms with Gasteiger partial charge in [0.1, 0.15) is 0 Å². The molecule has 0 saturated heterocycles. The molecule has 0 radical (unpaired) electrons. The molecule has 0 N–H and O–H groups in total. The molecule has 0 saturated carbocycles. The van der Waals surface area contributed by atoms with Gasteiger partial charge in [-0.15, -0.1) is 0 Å². The Morgan fingerprint density at radius 1 is 0.944 bits per heavy atom. The summed E-state index contributed by atoms with van der Waals surface area (Å²) in [5, 5.41) is 0. The summed E-state index contributed by atoms with van der Waals surface area (Å²) in [5.74, 6) is 1.60. The van der Waals surface area contributed by atoms with Gasteiger partial charge in [0.25, 0.3) is 0 Å². The lowest BCUT2D eigenvalue weighted by Gasteiger charge is -2.25. The van der Waals surface area contributed by atoms with Crippen LogP contribution in [0.25, 0.3) is 0 Å². The third-order valence-corrected chi connectivity index (χ3v) is 4.14. The largest absolute Gasteiger partial charge is 0.423 e. The summed E-state index contributed by atoms with van der Waals surface area (Å²) in [6, 6.07) is 4.27. The number of rotatable bonds is 0. The SMILES string of the molecule is CC(C)(C)c1cc2c(c(C(C)(C)C)c1)OP(Cl)O2. The third kappa shape index (κ3) is 2.60. The van der Waals surface area contributed by atoms with Crippen molar-refractivity contribution >= 4 is 19.0 Å². The van der Waals surface area contributed by atoms with Crippen LogP contribution >= 0.6 is 19.0 Å². The van der Waals surface area contributed by atoms with Gasteiger partial charge in [-0.05, 0) is 33.7 Å². The van der Waals surface area contributed by atoms with E-state index in [-0.39, 0.29) is 10.8 Å². The molecule has 0 amide bonds. The summed E-state index contributed by atoms with van der Waals surface area (Å²) in [5.41, 5.74) is 2.50. The lowest BCUT2D eigenvalue weighted by atomic mass is 9.80. The molecule has 18 heavy (non-hydrogen) atoms. The molecular weight excluding hydrogens is 267 g/mol. The molecular formula is C14H20ClO2P. The molecule has 1 atom stereocenters. The van der Waals surface area contributed by atoms with Crippen molar-refractivity contribution in [2.75, 3.05) is 0 Å². The molecule has 0 bridgehead atoms. The first-order valence-corrected chi connectivity index (χ1v) is 8.18. The molecule has 1 aromatic carbocycles. The van der Waals surface area contributed by atoms with E-state index in [2.05, 4.69) is 53.7 Å². The van der Waals surface area contributed by atoms with E-state index in [1.165, 1.54) is 5.56 Å². The number of fused-ring (bicyclic) bond motifs is 1. The van der Waals surface area contributed by atoms with E-state index in [4.69, 9.17) is 20.3 Å². The van der Waals surface area contributed by atoms with Gasteiger partial charge in [0.2, 0.25) is 0 Å². The van der Waals surface area contributed by atoms with Crippen LogP contribution in [0.5, 0.6) is 11.5 Å². The maximum Gasteiger partial charge on any atom is 0.401 e. The molecule has 1 heterocycles. The highest BCUT2D eigenvalue weighted by molar-refractivity contribution is 7.76. The Morgan fingerprint density at radius 2 is 1.56 bits per heavy atom. The second-order valence-corrected chi connectivity index (χ2v) is 8.36. The van der Waals surface area contributed by atoms with E-state index in [9.17, 15) is 0 Å². The van der Waals surface area contributed by atoms with Gasteiger partial charge in [0.15, 0.2) is 11.5 Å². The van der Waals surface area contributed by atoms with Gasteiger partial charge in [-0.25, -0.2) is 0 Å². The Labute approximate surface area is 115 Å². The van der Waals surface area contributed by atoms with Gasteiger partial charge in [0, 0.05) is 5.56 Å². The summed E-state index contributed by atoms with van der Waals surface area (Å²) in [6.45, 7) is 13.1. The van der Waals surface area contributed by atoms with Crippen molar-refractivity contribution < 1.29 is 9.05 Å². The summed E-state index contributed by atoms with van der Waals surface area (Å²) < 4.78 is 11.2. The van der Waals surface area contributed by atoms with Crippen LogP contribution < -0.4 is 9.05 Å². The van der Waals surface area contributed by atoms with E-state index < -0.39 is 7.73 Å². The molecule has 1 aromatic rings. The summed E-state index contributed by atoms with van der Waals surface area (Å²) in [7, 11) is -1.33. The van der Waals surface area contributed by atoms with Crippen molar-refractivity contribution in [2.45, 2.75) is 52.4 Å². The minimum Gasteiger partial charge on any atom is -0.423 e. The molecule has 4 heteroatoms. The predicted octanol–water partition coefficient (Wildman–Crippen LogP) is 5.52. The first kappa shape index (κ1) is 14.0. The van der Waals surface area contributed by atoms with E-state index in [1.54, 1.807) is 0 Å². The smallest absolute Gasteiger partial charge is 0.401 e. The highest BCUT2D eigenvalue weighted by Crippen LogP contribution is 2.58. The quantitative estimate of drug-likeness (QED) is 0.585. The maximum atomic E-state index is 5.99. The van der Waals surface area contributed by atoms with Crippen LogP contribution in [0.3, 0.4) is 0 Å². The monoisotopic (exact) mass is 286 g/mol. The Balaban J connectivity index is 2.62. The standard InChI is InChI=1S/C14H20ClO2P/c1-13(2,3)9-7-10(14(4,5)6)12-11(8-9)16-18(15)17-12/h7-8H,1-6H3. The van der Waals surface area contributed by atoms with Crippen molar-refractivity contribution in [1.82, 2.24) is 0 Å². The van der Waals surface area contributed by atoms with Crippen LogP contribution in [0.2, 0.25) is 0 Å². The van der Waals surface area contributed by atoms with E-state index in [0.29, 0.717) is 0 Å². The van der Waals surface area contributed by atoms with Crippen molar-refractivity contribution in [1.29, 1.82) is 0 Å². The van der Waals surface area contributed by atoms with Crippen molar-refractivity contribution in [3.63, 3.8) is 0 Å². The molecule has 100 valence electrons. The van der Waals surface area contributed by atoms with Crippen LogP contribution in [0.1, 0.15) is 52.7 Å². The minimum atomic E-state index is -1.33. The molecule has 2 rings (SSSR count). The van der Waals surface area contributed by atoms with E-state index in [1.807, 2.05) is 0 Å². The number of hydrogen-bond acceptors (Lipinski definition) is 2. The average molecular weight is 287 g/mol. The van der Waals surface area contributed by atoms with E-state index in [0.717, 1.165) is 17.1 Å². The van der Waals surface area contributed by atoms with Gasteiger partial charge in [-0.1, -0.05) is 47.6 Å². The maximum absolute atomic E-state index is 5.99. The highest BCUT2D eigenvalue weighted by Gasteiger charge is 2.33. The fourth-order valence-corrected chi connectivity index (χ4v) is 3.01. The Hall–Kier alpha value is -0.460. The van der Waals surface area contributed by atoms with E-state index >= 15 is 0 Å². The molecule has 1 aliphatic heterocycles. The number of benzene rings is 1. The summed E-state index contributed by atoms with van der Waals surface area (Å²) in [6.07, 6.45) is 0. The third-order valence-electron chi connectivity index (χ3n) is 3.06. The normalized spacial score (nSPS) is 19.2. The zero-order chi connectivity index (χ0) is 13.7. The molecule has 0 fully saturated rings. The average Bonchev–Trinajstić information content (AvgIpc) is 2.52. The summed E-state index contributed by atoms with van der Waals surface area (Å²) >= 11 is 5.99. The van der Waals surface area contributed by atoms with Crippen LogP contribution in [0, 0.1) is 0 Å². The lowest BCUT2D eigenvalue weighted by molar-refractivity contribution is 0.537. The van der Waals surface area contributed by atoms with Crippen LogP contribution in [0.15, 0.2) is 12.1 Å². The fraction of sp³-hybridized carbons (Fsp3) is 0.571. The van der Waals surface area contributed by atoms with Crippen LogP contribution in [-0.4, -0.2) is 0 Å². The number of hydrogen-bond donors (Lipinski definition) is 0. The fourth-order valence-electron chi connectivity index (χ4n) is 1.92. The zero-order valence-corrected chi connectivity index (χ0v) is 13.4. The van der Waals surface area contributed by atoms with Gasteiger partial charge in [-0.3, -0.25) is 0 Å². The molecule has 0 spiro atoms. The second kappa shape index (κ2) is 4.28. The van der Waals surface area contributed by atoms with Crippen molar-refractivity contribution in [3.05, 3.63) is 23.3 Å². The van der Waals surface area contributed by atoms with Gasteiger partial charge in [0.05, 0.1) is 0 Å². The Bertz CT molecular complexity index is 472. The molecule has 1 aliphatic rings. The Kier molecular flexibility index (Phi) is 3.32. The first-order valence-electron chi connectivity index (χ1n) is 6.10. The molecule has 0 aromatic heterocycles. The Morgan fingerprint density at radius 3 is 2.06 bits per heavy atom. The van der Waals surface area contributed by atoms with Gasteiger partial charge >= 0.3 is 7.73 Å². The van der Waals surface area contributed by atoms with Gasteiger partial charge in [-0.2, -0.15) is 0 Å². The van der Waals surface area contributed by atoms with Crippen molar-refractivity contribution in [2.24, 2.45) is 0 Å². The zero-order valence-electron chi connectivity index (χ0n) is 11.8. The van der Waals surface area contributed by atoms with Crippen LogP contribution in [0.4, 0.5) is 0 Å². The first-order chi connectivity index (χ1) is 8.09. The highest BCUT2D eigenvalue weighted by atomic mass is 35.7. The lowest BCUT2D eigenvalue weighted by Crippen LogP contribution is -2.16. The molecule has 1 unspecified atom stereocenters. The minimum absolute atomic E-state index is 0.00606. The topological polar surface area (TPSA) is 18.5 Å². The van der Waals surface area contributed by atoms with Crippen LogP contribution in [-0.2, 0) is 10.8 Å². The molecule has 0 aliphatic carbocycles. The predicted molar refractivity (Wildman–Crippen MR) is 77.9 cm³/mol. The van der Waals surface area contributed by atoms with Gasteiger partial charge < -0.3 is 9.05 Å².